The van der Waals surface area contributed by atoms with Gasteiger partial charge in [0.1, 0.15) is 0 Å². The van der Waals surface area contributed by atoms with Gasteiger partial charge in [-0.05, 0) is 54.1 Å². The molecule has 0 aliphatic carbocycles. The molecule has 138 valence electrons. The minimum atomic E-state index is -0.0651. The van der Waals surface area contributed by atoms with Gasteiger partial charge in [0.15, 0.2) is 23.0 Å². The molecule has 2 aromatic carbocycles. The van der Waals surface area contributed by atoms with Crippen molar-refractivity contribution in [2.75, 3.05) is 21.0 Å². The van der Waals surface area contributed by atoms with Crippen molar-refractivity contribution in [3.05, 3.63) is 45.7 Å². The summed E-state index contributed by atoms with van der Waals surface area (Å²) in [6.45, 7) is 2.88. The maximum atomic E-state index is 13.4. The van der Waals surface area contributed by atoms with E-state index in [1.165, 1.54) is 5.56 Å². The van der Waals surface area contributed by atoms with Crippen LogP contribution in [-0.4, -0.2) is 25.6 Å². The molecule has 0 atom stereocenters. The van der Waals surface area contributed by atoms with Crippen LogP contribution in [0.2, 0.25) is 0 Å². The van der Waals surface area contributed by atoms with E-state index in [9.17, 15) is 4.79 Å². The Morgan fingerprint density at radius 2 is 1.85 bits per heavy atom. The predicted octanol–water partition coefficient (Wildman–Crippen LogP) is 3.28. The number of rotatable bonds is 2. The second-order valence-electron chi connectivity index (χ2n) is 6.77. The van der Waals surface area contributed by atoms with Crippen molar-refractivity contribution in [3.8, 4) is 34.3 Å². The van der Waals surface area contributed by atoms with Crippen LogP contribution in [0, 0.1) is 6.92 Å². The summed E-state index contributed by atoms with van der Waals surface area (Å²) in [6, 6.07) is 7.79. The number of fused-ring (bicyclic) bond motifs is 5. The number of nitrogens with zero attached hydrogens (tertiary/aromatic N) is 1. The molecule has 0 unspecified atom stereocenters. The van der Waals surface area contributed by atoms with Crippen molar-refractivity contribution < 1.29 is 18.9 Å². The number of ether oxygens (including phenoxy) is 4. The lowest BCUT2D eigenvalue weighted by atomic mass is 9.91. The lowest BCUT2D eigenvalue weighted by Gasteiger charge is -2.25. The van der Waals surface area contributed by atoms with E-state index in [2.05, 4.69) is 0 Å². The molecule has 0 saturated carbocycles. The Bertz CT molecular complexity index is 1160. The van der Waals surface area contributed by atoms with Gasteiger partial charge in [0.2, 0.25) is 6.79 Å². The van der Waals surface area contributed by atoms with Crippen molar-refractivity contribution in [1.29, 1.82) is 0 Å². The largest absolute Gasteiger partial charge is 0.493 e. The smallest absolute Gasteiger partial charge is 0.262 e. The molecule has 3 heterocycles. The van der Waals surface area contributed by atoms with Gasteiger partial charge in [-0.15, -0.1) is 0 Å². The zero-order valence-corrected chi connectivity index (χ0v) is 15.4. The van der Waals surface area contributed by atoms with Gasteiger partial charge < -0.3 is 23.5 Å². The molecule has 0 fully saturated rings. The standard InChI is InChI=1S/C21H19NO5/c1-11-13-4-5-15(24-2)20(25-3)18(13)21(23)22-7-6-12-8-16-17(27-10-26-16)9-14(12)19(11)22/h4-5,8-9H,6-7,10H2,1-3H3. The molecular weight excluding hydrogens is 346 g/mol. The topological polar surface area (TPSA) is 58.9 Å². The summed E-state index contributed by atoms with van der Waals surface area (Å²) in [5.74, 6) is 2.53. The monoisotopic (exact) mass is 365 g/mol. The molecule has 0 spiro atoms. The first-order chi connectivity index (χ1) is 13.1. The second kappa shape index (κ2) is 5.67. The molecular formula is C21H19NO5. The first kappa shape index (κ1) is 16.1. The van der Waals surface area contributed by atoms with Gasteiger partial charge in [-0.3, -0.25) is 4.79 Å². The summed E-state index contributed by atoms with van der Waals surface area (Å²) < 4.78 is 23.8. The highest BCUT2D eigenvalue weighted by atomic mass is 16.7. The molecule has 0 radical (unpaired) electrons. The molecule has 2 aliphatic heterocycles. The highest BCUT2D eigenvalue weighted by molar-refractivity contribution is 5.96. The van der Waals surface area contributed by atoms with Gasteiger partial charge in [-0.1, -0.05) is 0 Å². The number of hydrogen-bond donors (Lipinski definition) is 0. The molecule has 1 aromatic heterocycles. The molecule has 3 aromatic rings. The van der Waals surface area contributed by atoms with Crippen LogP contribution in [0.25, 0.3) is 22.0 Å². The lowest BCUT2D eigenvalue weighted by Crippen LogP contribution is -2.27. The molecule has 5 rings (SSSR count). The number of aryl methyl sites for hydroxylation is 2. The van der Waals surface area contributed by atoms with Crippen molar-refractivity contribution in [2.24, 2.45) is 0 Å². The summed E-state index contributed by atoms with van der Waals surface area (Å²) in [7, 11) is 3.14. The number of methoxy groups -OCH3 is 2. The van der Waals surface area contributed by atoms with E-state index in [4.69, 9.17) is 18.9 Å². The van der Waals surface area contributed by atoms with Crippen molar-refractivity contribution in [1.82, 2.24) is 4.57 Å². The fraction of sp³-hybridized carbons (Fsp3) is 0.286. The molecule has 0 amide bonds. The van der Waals surface area contributed by atoms with Crippen LogP contribution in [-0.2, 0) is 13.0 Å². The van der Waals surface area contributed by atoms with Gasteiger partial charge in [0, 0.05) is 12.1 Å². The Hall–Kier alpha value is -3.15. The van der Waals surface area contributed by atoms with E-state index in [-0.39, 0.29) is 12.4 Å². The van der Waals surface area contributed by atoms with Gasteiger partial charge in [0.05, 0.1) is 25.3 Å². The Labute approximate surface area is 155 Å². The van der Waals surface area contributed by atoms with Crippen LogP contribution in [0.3, 0.4) is 0 Å². The fourth-order valence-corrected chi connectivity index (χ4v) is 4.22. The summed E-state index contributed by atoms with van der Waals surface area (Å²) in [5.41, 5.74) is 4.09. The van der Waals surface area contributed by atoms with E-state index >= 15 is 0 Å². The summed E-state index contributed by atoms with van der Waals surface area (Å²) in [6.07, 6.45) is 0.760. The summed E-state index contributed by atoms with van der Waals surface area (Å²) in [4.78, 5) is 13.4. The average molecular weight is 365 g/mol. The number of aromatic nitrogens is 1. The predicted molar refractivity (Wildman–Crippen MR) is 101 cm³/mol. The van der Waals surface area contributed by atoms with Crippen LogP contribution in [0.5, 0.6) is 23.0 Å². The number of benzene rings is 2. The first-order valence-corrected chi connectivity index (χ1v) is 8.85. The third kappa shape index (κ3) is 2.10. The van der Waals surface area contributed by atoms with E-state index in [1.54, 1.807) is 14.2 Å². The number of pyridine rings is 1. The Balaban J connectivity index is 1.88. The van der Waals surface area contributed by atoms with Gasteiger partial charge in [0.25, 0.3) is 5.56 Å². The van der Waals surface area contributed by atoms with Crippen molar-refractivity contribution >= 4 is 10.8 Å². The molecule has 27 heavy (non-hydrogen) atoms. The minimum absolute atomic E-state index is 0.0651. The SMILES string of the molecule is COc1ccc2c(C)c3n(c(=O)c2c1OC)CCc1cc2c(cc1-3)OCO2. The zero-order chi connectivity index (χ0) is 18.7. The van der Waals surface area contributed by atoms with Crippen LogP contribution >= 0.6 is 0 Å². The zero-order valence-electron chi connectivity index (χ0n) is 15.4. The minimum Gasteiger partial charge on any atom is -0.493 e. The van der Waals surface area contributed by atoms with Crippen LogP contribution in [0.4, 0.5) is 0 Å². The van der Waals surface area contributed by atoms with Gasteiger partial charge in [-0.2, -0.15) is 0 Å². The van der Waals surface area contributed by atoms with E-state index in [1.807, 2.05) is 35.8 Å². The van der Waals surface area contributed by atoms with E-state index < -0.39 is 0 Å². The molecule has 0 saturated heterocycles. The third-order valence-corrected chi connectivity index (χ3v) is 5.49. The molecule has 6 heteroatoms. The Morgan fingerprint density at radius 1 is 1.07 bits per heavy atom. The molecule has 6 nitrogen and oxygen atoms in total. The summed E-state index contributed by atoms with van der Waals surface area (Å²) >= 11 is 0. The van der Waals surface area contributed by atoms with Gasteiger partial charge >= 0.3 is 0 Å². The van der Waals surface area contributed by atoms with Crippen molar-refractivity contribution in [3.63, 3.8) is 0 Å². The van der Waals surface area contributed by atoms with Crippen molar-refractivity contribution in [2.45, 2.75) is 19.9 Å². The maximum absolute atomic E-state index is 13.4. The van der Waals surface area contributed by atoms with E-state index in [0.717, 1.165) is 40.1 Å². The maximum Gasteiger partial charge on any atom is 0.262 e. The fourth-order valence-electron chi connectivity index (χ4n) is 4.22. The highest BCUT2D eigenvalue weighted by Crippen LogP contribution is 2.43. The third-order valence-electron chi connectivity index (χ3n) is 5.49. The Kier molecular flexibility index (Phi) is 3.37. The van der Waals surface area contributed by atoms with Gasteiger partial charge in [-0.25, -0.2) is 0 Å². The van der Waals surface area contributed by atoms with Crippen LogP contribution in [0.15, 0.2) is 29.1 Å². The Morgan fingerprint density at radius 3 is 2.59 bits per heavy atom. The number of hydrogen-bond acceptors (Lipinski definition) is 5. The van der Waals surface area contributed by atoms with Crippen LogP contribution < -0.4 is 24.5 Å². The normalized spacial score (nSPS) is 14.0. The van der Waals surface area contributed by atoms with Crippen LogP contribution in [0.1, 0.15) is 11.1 Å². The lowest BCUT2D eigenvalue weighted by molar-refractivity contribution is 0.174. The molecule has 2 aliphatic rings. The summed E-state index contributed by atoms with van der Waals surface area (Å²) in [5, 5.41) is 1.43. The second-order valence-corrected chi connectivity index (χ2v) is 6.77. The molecule has 0 N–H and O–H groups in total. The quantitative estimate of drug-likeness (QED) is 0.698. The van der Waals surface area contributed by atoms with E-state index in [0.29, 0.717) is 23.4 Å². The first-order valence-electron chi connectivity index (χ1n) is 8.85. The molecule has 0 bridgehead atoms. The average Bonchev–Trinajstić information content (AvgIpc) is 3.15. The highest BCUT2D eigenvalue weighted by Gasteiger charge is 2.27.